The van der Waals surface area contributed by atoms with Gasteiger partial charge >= 0.3 is 0 Å². The first-order valence-electron chi connectivity index (χ1n) is 7.38. The molecule has 1 aliphatic heterocycles. The van der Waals surface area contributed by atoms with Crippen LogP contribution in [0.2, 0.25) is 5.02 Å². The summed E-state index contributed by atoms with van der Waals surface area (Å²) in [5.74, 6) is 2.65. The Morgan fingerprint density at radius 3 is 2.29 bits per heavy atom. The molecule has 0 amide bonds. The SMILES string of the molecule is N#Cc1c(N)nc(N2CCSCC2)c(C#N)c1-c1ccc(Cl)cc1. The molecule has 0 bridgehead atoms. The molecule has 24 heavy (non-hydrogen) atoms. The largest absolute Gasteiger partial charge is 0.383 e. The zero-order chi connectivity index (χ0) is 17.1. The maximum absolute atomic E-state index is 9.76. The lowest BCUT2D eigenvalue weighted by atomic mass is 9.96. The average Bonchev–Trinajstić information content (AvgIpc) is 2.62. The maximum Gasteiger partial charge on any atom is 0.149 e. The van der Waals surface area contributed by atoms with Crippen LogP contribution in [0.3, 0.4) is 0 Å². The van der Waals surface area contributed by atoms with Gasteiger partial charge < -0.3 is 10.6 Å². The van der Waals surface area contributed by atoms with Gasteiger partial charge in [-0.2, -0.15) is 22.3 Å². The molecule has 120 valence electrons. The third-order valence-electron chi connectivity index (χ3n) is 3.87. The van der Waals surface area contributed by atoms with E-state index in [-0.39, 0.29) is 11.4 Å². The number of hydrogen-bond acceptors (Lipinski definition) is 6. The summed E-state index contributed by atoms with van der Waals surface area (Å²) in [5, 5.41) is 19.9. The van der Waals surface area contributed by atoms with Gasteiger partial charge in [-0.15, -0.1) is 0 Å². The van der Waals surface area contributed by atoms with E-state index in [1.807, 2.05) is 11.8 Å². The van der Waals surface area contributed by atoms with Crippen LogP contribution >= 0.6 is 23.4 Å². The van der Waals surface area contributed by atoms with Crippen molar-refractivity contribution in [2.75, 3.05) is 35.2 Å². The number of nitrogens with zero attached hydrogens (tertiary/aromatic N) is 4. The summed E-state index contributed by atoms with van der Waals surface area (Å²) < 4.78 is 0. The van der Waals surface area contributed by atoms with Crippen molar-refractivity contribution in [3.63, 3.8) is 0 Å². The van der Waals surface area contributed by atoms with Gasteiger partial charge in [0.1, 0.15) is 34.9 Å². The Kier molecular flexibility index (Phi) is 4.80. The molecule has 0 spiro atoms. The second-order valence-corrected chi connectivity index (χ2v) is 6.94. The van der Waals surface area contributed by atoms with E-state index in [9.17, 15) is 10.5 Å². The van der Waals surface area contributed by atoms with E-state index in [1.165, 1.54) is 0 Å². The molecular formula is C17H14ClN5S. The van der Waals surface area contributed by atoms with Crippen LogP contribution in [0.25, 0.3) is 11.1 Å². The molecule has 1 aliphatic rings. The van der Waals surface area contributed by atoms with Crippen LogP contribution in [-0.2, 0) is 0 Å². The number of rotatable bonds is 2. The molecule has 0 unspecified atom stereocenters. The number of nitriles is 2. The van der Waals surface area contributed by atoms with Crippen molar-refractivity contribution in [3.8, 4) is 23.3 Å². The first kappa shape index (κ1) is 16.4. The molecule has 1 aromatic carbocycles. The van der Waals surface area contributed by atoms with Crippen molar-refractivity contribution in [2.24, 2.45) is 0 Å². The smallest absolute Gasteiger partial charge is 0.149 e. The number of aromatic nitrogens is 1. The van der Waals surface area contributed by atoms with Crippen LogP contribution in [0, 0.1) is 22.7 Å². The number of hydrogen-bond donors (Lipinski definition) is 1. The minimum atomic E-state index is 0.148. The Bertz CT molecular complexity index is 845. The lowest BCUT2D eigenvalue weighted by Gasteiger charge is -2.29. The molecule has 0 aliphatic carbocycles. The van der Waals surface area contributed by atoms with Crippen molar-refractivity contribution in [1.82, 2.24) is 4.98 Å². The van der Waals surface area contributed by atoms with E-state index in [4.69, 9.17) is 17.3 Å². The normalized spacial score (nSPS) is 14.0. The van der Waals surface area contributed by atoms with Gasteiger partial charge in [0.05, 0.1) is 0 Å². The van der Waals surface area contributed by atoms with Crippen molar-refractivity contribution < 1.29 is 0 Å². The zero-order valence-electron chi connectivity index (χ0n) is 12.8. The van der Waals surface area contributed by atoms with Crippen LogP contribution in [0.4, 0.5) is 11.6 Å². The summed E-state index contributed by atoms with van der Waals surface area (Å²) in [5.41, 5.74) is 7.90. The van der Waals surface area contributed by atoms with Gasteiger partial charge in [-0.25, -0.2) is 4.98 Å². The van der Waals surface area contributed by atoms with Crippen LogP contribution in [0.1, 0.15) is 11.1 Å². The second-order valence-electron chi connectivity index (χ2n) is 5.28. The second kappa shape index (κ2) is 7.00. The number of benzene rings is 1. The van der Waals surface area contributed by atoms with E-state index in [2.05, 4.69) is 22.0 Å². The molecule has 2 heterocycles. The molecule has 1 saturated heterocycles. The van der Waals surface area contributed by atoms with E-state index in [0.29, 0.717) is 22.0 Å². The molecular weight excluding hydrogens is 342 g/mol. The standard InChI is InChI=1S/C17H14ClN5S/c18-12-3-1-11(2-4-12)15-13(9-19)16(21)22-17(14(15)10-20)23-5-7-24-8-6-23/h1-4H,5-8H2,(H2,21,22). The zero-order valence-corrected chi connectivity index (χ0v) is 14.4. The molecule has 1 fully saturated rings. The third-order valence-corrected chi connectivity index (χ3v) is 5.07. The summed E-state index contributed by atoms with van der Waals surface area (Å²) >= 11 is 7.82. The maximum atomic E-state index is 9.76. The van der Waals surface area contributed by atoms with Gasteiger partial charge in [0.25, 0.3) is 0 Å². The van der Waals surface area contributed by atoms with Crippen molar-refractivity contribution in [2.45, 2.75) is 0 Å². The number of thioether (sulfide) groups is 1. The highest BCUT2D eigenvalue weighted by molar-refractivity contribution is 7.99. The third kappa shape index (κ3) is 2.99. The Hall–Kier alpha value is -2.41. The van der Waals surface area contributed by atoms with Crippen LogP contribution in [0.5, 0.6) is 0 Å². The van der Waals surface area contributed by atoms with Gasteiger partial charge in [0.15, 0.2) is 0 Å². The first-order chi connectivity index (χ1) is 11.7. The first-order valence-corrected chi connectivity index (χ1v) is 8.91. The highest BCUT2D eigenvalue weighted by atomic mass is 35.5. The van der Waals surface area contributed by atoms with Crippen molar-refractivity contribution >= 4 is 35.0 Å². The summed E-state index contributed by atoms with van der Waals surface area (Å²) in [6.45, 7) is 1.61. The summed E-state index contributed by atoms with van der Waals surface area (Å²) in [6, 6.07) is 11.3. The summed E-state index contributed by atoms with van der Waals surface area (Å²) in [6.07, 6.45) is 0. The molecule has 2 N–H and O–H groups in total. The van der Waals surface area contributed by atoms with Crippen LogP contribution in [0.15, 0.2) is 24.3 Å². The van der Waals surface area contributed by atoms with Gasteiger partial charge in [-0.05, 0) is 17.7 Å². The van der Waals surface area contributed by atoms with E-state index in [0.717, 1.165) is 30.2 Å². The van der Waals surface area contributed by atoms with E-state index in [1.54, 1.807) is 24.3 Å². The molecule has 5 nitrogen and oxygen atoms in total. The fourth-order valence-electron chi connectivity index (χ4n) is 2.72. The van der Waals surface area contributed by atoms with Gasteiger partial charge in [0.2, 0.25) is 0 Å². The van der Waals surface area contributed by atoms with E-state index >= 15 is 0 Å². The van der Waals surface area contributed by atoms with Gasteiger partial charge in [-0.3, -0.25) is 0 Å². The molecule has 2 aromatic rings. The number of nitrogen functional groups attached to an aromatic ring is 1. The highest BCUT2D eigenvalue weighted by Crippen LogP contribution is 2.36. The number of nitrogens with two attached hydrogens (primary N) is 1. The molecule has 1 aromatic heterocycles. The van der Waals surface area contributed by atoms with Crippen LogP contribution in [-0.4, -0.2) is 29.6 Å². The lowest BCUT2D eigenvalue weighted by Crippen LogP contribution is -2.34. The predicted octanol–water partition coefficient (Wildman–Crippen LogP) is 3.28. The quantitative estimate of drug-likeness (QED) is 0.889. The Morgan fingerprint density at radius 1 is 1.08 bits per heavy atom. The molecule has 0 radical (unpaired) electrons. The summed E-state index contributed by atoms with van der Waals surface area (Å²) in [7, 11) is 0. The van der Waals surface area contributed by atoms with Gasteiger partial charge in [-0.1, -0.05) is 23.7 Å². The van der Waals surface area contributed by atoms with Gasteiger partial charge in [0, 0.05) is 35.2 Å². The molecule has 0 atom stereocenters. The summed E-state index contributed by atoms with van der Waals surface area (Å²) in [4.78, 5) is 6.43. The highest BCUT2D eigenvalue weighted by Gasteiger charge is 2.24. The predicted molar refractivity (Wildman–Crippen MR) is 98.1 cm³/mol. The topological polar surface area (TPSA) is 89.7 Å². The Labute approximate surface area is 149 Å². The molecule has 0 saturated carbocycles. The minimum Gasteiger partial charge on any atom is -0.383 e. The fraction of sp³-hybridized carbons (Fsp3) is 0.235. The Balaban J connectivity index is 2.25. The fourth-order valence-corrected chi connectivity index (χ4v) is 3.75. The lowest BCUT2D eigenvalue weighted by molar-refractivity contribution is 0.838. The molecule has 7 heteroatoms. The van der Waals surface area contributed by atoms with E-state index < -0.39 is 0 Å². The number of pyridine rings is 1. The monoisotopic (exact) mass is 355 g/mol. The number of anilines is 2. The molecule has 3 rings (SSSR count). The van der Waals surface area contributed by atoms with Crippen molar-refractivity contribution in [3.05, 3.63) is 40.4 Å². The van der Waals surface area contributed by atoms with Crippen LogP contribution < -0.4 is 10.6 Å². The average molecular weight is 356 g/mol. The Morgan fingerprint density at radius 2 is 1.71 bits per heavy atom. The number of halogens is 1. The van der Waals surface area contributed by atoms with Crippen molar-refractivity contribution in [1.29, 1.82) is 10.5 Å². The minimum absolute atomic E-state index is 0.148.